The van der Waals surface area contributed by atoms with Gasteiger partial charge in [-0.3, -0.25) is 14.7 Å². The highest BCUT2D eigenvalue weighted by Crippen LogP contribution is 2.75. The molecule has 5 atom stereocenters. The van der Waals surface area contributed by atoms with E-state index in [9.17, 15) is 4.79 Å². The number of hydrogen-bond acceptors (Lipinski definition) is 7. The molecular formula is C33H39N3O5. The van der Waals surface area contributed by atoms with Gasteiger partial charge in [-0.25, -0.2) is 0 Å². The SMILES string of the molecule is COc1ccnc(CN(C)C(=O)C2=C[C@@]34CC[C@]2(OC)[C@@H]2Oc5c(OC)ccc6c5[C@@]23CCN(CC2CC2)[C@@H]4C6)c1. The molecule has 9 rings (SSSR count). The van der Waals surface area contributed by atoms with Crippen molar-refractivity contribution in [2.45, 2.75) is 68.2 Å². The third-order valence-corrected chi connectivity index (χ3v) is 11.4. The molecule has 4 bridgehead atoms. The Morgan fingerprint density at radius 2 is 2.00 bits per heavy atom. The van der Waals surface area contributed by atoms with Gasteiger partial charge in [0.15, 0.2) is 11.5 Å². The van der Waals surface area contributed by atoms with E-state index in [0.29, 0.717) is 12.6 Å². The number of nitrogens with zero attached hydrogens (tertiary/aromatic N) is 3. The van der Waals surface area contributed by atoms with Gasteiger partial charge in [-0.2, -0.15) is 0 Å². The smallest absolute Gasteiger partial charge is 0.252 e. The first-order valence-corrected chi connectivity index (χ1v) is 15.0. The van der Waals surface area contributed by atoms with Gasteiger partial charge >= 0.3 is 0 Å². The number of piperidine rings is 1. The quantitative estimate of drug-likeness (QED) is 0.488. The molecule has 1 saturated heterocycles. The molecule has 2 aromatic rings. The lowest BCUT2D eigenvalue weighted by Crippen LogP contribution is -2.78. The van der Waals surface area contributed by atoms with Crippen LogP contribution >= 0.6 is 0 Å². The van der Waals surface area contributed by atoms with Crippen molar-refractivity contribution in [2.75, 3.05) is 41.5 Å². The minimum atomic E-state index is -0.837. The first-order valence-electron chi connectivity index (χ1n) is 15.0. The predicted octanol–water partition coefficient (Wildman–Crippen LogP) is 3.90. The summed E-state index contributed by atoms with van der Waals surface area (Å²) < 4.78 is 24.8. The third kappa shape index (κ3) is 3.18. The fourth-order valence-corrected chi connectivity index (χ4v) is 9.44. The number of hydrogen-bond donors (Lipinski definition) is 0. The zero-order valence-corrected chi connectivity index (χ0v) is 24.4. The Bertz CT molecular complexity index is 1470. The van der Waals surface area contributed by atoms with Crippen LogP contribution in [0.4, 0.5) is 0 Å². The third-order valence-electron chi connectivity index (χ3n) is 11.4. The predicted molar refractivity (Wildman–Crippen MR) is 152 cm³/mol. The van der Waals surface area contributed by atoms with E-state index in [1.807, 2.05) is 19.2 Å². The summed E-state index contributed by atoms with van der Waals surface area (Å²) >= 11 is 0. The number of methoxy groups -OCH3 is 3. The number of pyridine rings is 1. The zero-order valence-electron chi connectivity index (χ0n) is 24.4. The molecule has 2 spiro atoms. The van der Waals surface area contributed by atoms with Crippen LogP contribution in [0.2, 0.25) is 0 Å². The van der Waals surface area contributed by atoms with E-state index in [4.69, 9.17) is 18.9 Å². The molecule has 1 aromatic heterocycles. The maximum atomic E-state index is 14.5. The highest BCUT2D eigenvalue weighted by atomic mass is 16.6. The number of likely N-dealkylation sites (tertiary alicyclic amines) is 1. The summed E-state index contributed by atoms with van der Waals surface area (Å²) in [5.74, 6) is 3.16. The first-order chi connectivity index (χ1) is 19.9. The summed E-state index contributed by atoms with van der Waals surface area (Å²) in [6.45, 7) is 2.59. The van der Waals surface area contributed by atoms with Crippen molar-refractivity contribution in [3.05, 3.63) is 58.9 Å². The summed E-state index contributed by atoms with van der Waals surface area (Å²) in [4.78, 5) is 23.5. The van der Waals surface area contributed by atoms with Crippen LogP contribution in [0.5, 0.6) is 17.2 Å². The van der Waals surface area contributed by atoms with Crippen molar-refractivity contribution >= 4 is 5.91 Å². The number of fused-ring (bicyclic) bond motifs is 1. The number of ether oxygens (including phenoxy) is 4. The Hall–Kier alpha value is -3.10. The molecular weight excluding hydrogens is 518 g/mol. The van der Waals surface area contributed by atoms with Gasteiger partial charge in [0, 0.05) is 55.6 Å². The van der Waals surface area contributed by atoms with Gasteiger partial charge in [0.2, 0.25) is 0 Å². The van der Waals surface area contributed by atoms with Crippen LogP contribution in [0, 0.1) is 11.3 Å². The molecule has 8 heteroatoms. The molecule has 3 fully saturated rings. The van der Waals surface area contributed by atoms with E-state index < -0.39 is 5.60 Å². The average molecular weight is 558 g/mol. The van der Waals surface area contributed by atoms with Gasteiger partial charge in [0.1, 0.15) is 17.5 Å². The van der Waals surface area contributed by atoms with Crippen LogP contribution in [-0.4, -0.2) is 79.9 Å². The van der Waals surface area contributed by atoms with E-state index in [-0.39, 0.29) is 22.8 Å². The number of aromatic nitrogens is 1. The van der Waals surface area contributed by atoms with Gasteiger partial charge < -0.3 is 23.8 Å². The molecule has 1 amide bonds. The van der Waals surface area contributed by atoms with Crippen LogP contribution < -0.4 is 14.2 Å². The van der Waals surface area contributed by atoms with Crippen molar-refractivity contribution in [3.8, 4) is 17.2 Å². The van der Waals surface area contributed by atoms with E-state index in [2.05, 4.69) is 28.1 Å². The van der Waals surface area contributed by atoms with Crippen molar-refractivity contribution in [3.63, 3.8) is 0 Å². The molecule has 0 unspecified atom stereocenters. The Morgan fingerprint density at radius 3 is 2.76 bits per heavy atom. The van der Waals surface area contributed by atoms with Crippen molar-refractivity contribution in [2.24, 2.45) is 11.3 Å². The van der Waals surface area contributed by atoms with E-state index in [1.54, 1.807) is 32.4 Å². The van der Waals surface area contributed by atoms with Crippen molar-refractivity contribution < 1.29 is 23.7 Å². The molecule has 0 radical (unpaired) electrons. The summed E-state index contributed by atoms with van der Waals surface area (Å²) in [6.07, 6.45) is 10.2. The fraction of sp³-hybridized carbons (Fsp3) is 0.576. The van der Waals surface area contributed by atoms with Crippen molar-refractivity contribution in [1.29, 1.82) is 0 Å². The first kappa shape index (κ1) is 25.6. The van der Waals surface area contributed by atoms with Crippen LogP contribution in [0.25, 0.3) is 0 Å². The Balaban J connectivity index is 1.27. The number of likely N-dealkylation sites (N-methyl/N-ethyl adjacent to an activating group) is 1. The lowest BCUT2D eigenvalue weighted by atomic mass is 9.37. The van der Waals surface area contributed by atoms with Crippen LogP contribution in [0.3, 0.4) is 0 Å². The normalized spacial score (nSPS) is 34.0. The Labute approximate surface area is 241 Å². The van der Waals surface area contributed by atoms with Gasteiger partial charge in [-0.05, 0) is 68.7 Å². The maximum Gasteiger partial charge on any atom is 0.252 e. The van der Waals surface area contributed by atoms with Gasteiger partial charge in [-0.15, -0.1) is 0 Å². The monoisotopic (exact) mass is 557 g/mol. The lowest BCUT2D eigenvalue weighted by molar-refractivity contribution is -0.198. The zero-order chi connectivity index (χ0) is 28.1. The second-order valence-corrected chi connectivity index (χ2v) is 13.0. The molecule has 7 aliphatic rings. The number of rotatable bonds is 8. The van der Waals surface area contributed by atoms with Gasteiger partial charge in [0.05, 0.1) is 31.9 Å². The molecule has 41 heavy (non-hydrogen) atoms. The van der Waals surface area contributed by atoms with Crippen LogP contribution in [0.15, 0.2) is 42.1 Å². The second-order valence-electron chi connectivity index (χ2n) is 13.0. The number of carbonyl (C=O) groups excluding carboxylic acids is 1. The summed E-state index contributed by atoms with van der Waals surface area (Å²) in [6, 6.07) is 8.36. The molecule has 0 N–H and O–H groups in total. The molecule has 216 valence electrons. The molecule has 5 aliphatic carbocycles. The molecule has 2 aliphatic heterocycles. The standard InChI is InChI=1S/C33H39N3O5/c1-35(19-22-16-23(38-2)9-13-34-22)29(37)24-17-31-10-11-33(24,40-4)30-32(31)12-14-36(18-20-5-6-20)26(31)15-21-7-8-25(39-3)28(41-30)27(21)32/h7-9,13,16-17,20,26,30H,5-6,10-12,14-15,18-19H2,1-4H3/t26-,30-,31-,32+,33-/m1/s1. The Morgan fingerprint density at radius 1 is 1.15 bits per heavy atom. The Kier molecular flexibility index (Phi) is 5.44. The second kappa shape index (κ2) is 8.71. The summed E-state index contributed by atoms with van der Waals surface area (Å²) in [5, 5.41) is 0. The topological polar surface area (TPSA) is 73.4 Å². The summed E-state index contributed by atoms with van der Waals surface area (Å²) in [5.41, 5.74) is 2.95. The maximum absolute atomic E-state index is 14.5. The van der Waals surface area contributed by atoms with Crippen molar-refractivity contribution in [1.82, 2.24) is 14.8 Å². The summed E-state index contributed by atoms with van der Waals surface area (Å²) in [7, 11) is 6.97. The van der Waals surface area contributed by atoms with E-state index >= 15 is 0 Å². The van der Waals surface area contributed by atoms with Crippen LogP contribution in [0.1, 0.15) is 48.9 Å². The number of amides is 1. The largest absolute Gasteiger partial charge is 0.497 e. The van der Waals surface area contributed by atoms with E-state index in [1.165, 1.54) is 24.0 Å². The van der Waals surface area contributed by atoms with E-state index in [0.717, 1.165) is 73.2 Å². The number of carbonyl (C=O) groups is 1. The van der Waals surface area contributed by atoms with Gasteiger partial charge in [0.25, 0.3) is 5.91 Å². The molecule has 8 nitrogen and oxygen atoms in total. The molecule has 1 aromatic carbocycles. The van der Waals surface area contributed by atoms with Gasteiger partial charge in [-0.1, -0.05) is 12.1 Å². The average Bonchev–Trinajstić information content (AvgIpc) is 3.74. The minimum Gasteiger partial charge on any atom is -0.497 e. The minimum absolute atomic E-state index is 0.0190. The number of benzene rings is 1. The van der Waals surface area contributed by atoms with Crippen LogP contribution in [-0.2, 0) is 27.9 Å². The highest BCUT2D eigenvalue weighted by Gasteiger charge is 2.79. The molecule has 3 heterocycles. The molecule has 2 saturated carbocycles. The highest BCUT2D eigenvalue weighted by molar-refractivity contribution is 5.97. The lowest BCUT2D eigenvalue weighted by Gasteiger charge is -2.70. The fourth-order valence-electron chi connectivity index (χ4n) is 9.44.